The van der Waals surface area contributed by atoms with Crippen LogP contribution < -0.4 is 5.32 Å². The zero-order valence-electron chi connectivity index (χ0n) is 9.01. The van der Waals surface area contributed by atoms with Crippen LogP contribution in [0.4, 0.5) is 0 Å². The Labute approximate surface area is 94.2 Å². The molecule has 3 heteroatoms. The molecule has 0 fully saturated rings. The van der Waals surface area contributed by atoms with E-state index in [4.69, 9.17) is 4.42 Å². The molecule has 1 aromatic heterocycles. The molecule has 0 saturated heterocycles. The maximum Gasteiger partial charge on any atom is 0.169 e. The molecule has 1 aromatic rings. The van der Waals surface area contributed by atoms with Crippen LogP contribution in [-0.4, -0.2) is 6.04 Å². The predicted molar refractivity (Wildman–Crippen MR) is 62.3 cm³/mol. The van der Waals surface area contributed by atoms with Gasteiger partial charge in [0.25, 0.3) is 0 Å². The molecule has 14 heavy (non-hydrogen) atoms. The third kappa shape index (κ3) is 3.46. The van der Waals surface area contributed by atoms with E-state index in [0.29, 0.717) is 6.04 Å². The highest BCUT2D eigenvalue weighted by atomic mass is 79.9. The summed E-state index contributed by atoms with van der Waals surface area (Å²) in [6.45, 7) is 6.53. The molecule has 0 aliphatic rings. The van der Waals surface area contributed by atoms with Gasteiger partial charge in [0.1, 0.15) is 5.76 Å². The molecule has 2 unspecified atom stereocenters. The number of hydrogen-bond donors (Lipinski definition) is 1. The number of halogens is 1. The summed E-state index contributed by atoms with van der Waals surface area (Å²) in [6, 6.07) is 4.75. The van der Waals surface area contributed by atoms with Gasteiger partial charge >= 0.3 is 0 Å². The Bertz CT molecular complexity index is 272. The van der Waals surface area contributed by atoms with E-state index in [9.17, 15) is 0 Å². The average Bonchev–Trinajstić information content (AvgIpc) is 2.52. The Kier molecular flexibility index (Phi) is 4.69. The fourth-order valence-electron chi connectivity index (χ4n) is 1.59. The van der Waals surface area contributed by atoms with E-state index >= 15 is 0 Å². The lowest BCUT2D eigenvalue weighted by molar-refractivity contribution is 0.380. The van der Waals surface area contributed by atoms with Gasteiger partial charge in [-0.15, -0.1) is 0 Å². The lowest BCUT2D eigenvalue weighted by Crippen LogP contribution is -2.28. The first-order valence-electron chi connectivity index (χ1n) is 5.14. The Morgan fingerprint density at radius 1 is 1.43 bits per heavy atom. The quantitative estimate of drug-likeness (QED) is 0.869. The van der Waals surface area contributed by atoms with Crippen molar-refractivity contribution in [1.82, 2.24) is 5.32 Å². The second kappa shape index (κ2) is 5.56. The van der Waals surface area contributed by atoms with Gasteiger partial charge in [-0.25, -0.2) is 0 Å². The van der Waals surface area contributed by atoms with Crippen molar-refractivity contribution in [1.29, 1.82) is 0 Å². The summed E-state index contributed by atoms with van der Waals surface area (Å²) >= 11 is 3.30. The highest BCUT2D eigenvalue weighted by molar-refractivity contribution is 9.10. The average molecular weight is 260 g/mol. The molecule has 80 valence electrons. The highest BCUT2D eigenvalue weighted by Crippen LogP contribution is 2.20. The molecule has 0 aliphatic carbocycles. The molecule has 0 radical (unpaired) electrons. The Hall–Kier alpha value is -0.280. The predicted octanol–water partition coefficient (Wildman–Crippen LogP) is 3.88. The van der Waals surface area contributed by atoms with Gasteiger partial charge in [0.2, 0.25) is 0 Å². The van der Waals surface area contributed by atoms with Gasteiger partial charge in [-0.2, -0.15) is 0 Å². The first-order chi connectivity index (χ1) is 6.63. The molecule has 0 amide bonds. The number of hydrogen-bond acceptors (Lipinski definition) is 2. The first kappa shape index (κ1) is 11.8. The molecular weight excluding hydrogens is 242 g/mol. The summed E-state index contributed by atoms with van der Waals surface area (Å²) in [5, 5.41) is 3.50. The number of nitrogens with one attached hydrogen (secondary N) is 1. The van der Waals surface area contributed by atoms with Crippen molar-refractivity contribution in [2.24, 2.45) is 0 Å². The summed E-state index contributed by atoms with van der Waals surface area (Å²) in [5.74, 6) is 0.986. The summed E-state index contributed by atoms with van der Waals surface area (Å²) in [6.07, 6.45) is 2.41. The topological polar surface area (TPSA) is 25.2 Å². The van der Waals surface area contributed by atoms with E-state index in [1.165, 1.54) is 12.8 Å². The van der Waals surface area contributed by atoms with Gasteiger partial charge in [-0.05, 0) is 48.3 Å². The fourth-order valence-corrected chi connectivity index (χ4v) is 1.91. The Morgan fingerprint density at radius 3 is 2.64 bits per heavy atom. The van der Waals surface area contributed by atoms with Crippen molar-refractivity contribution < 1.29 is 4.42 Å². The smallest absolute Gasteiger partial charge is 0.169 e. The standard InChI is InChI=1S/C11H18BrNO/c1-4-5-8(2)13-9(3)10-6-7-11(12)14-10/h6-9,13H,4-5H2,1-3H3. The number of furan rings is 1. The van der Waals surface area contributed by atoms with Crippen LogP contribution in [0.25, 0.3) is 0 Å². The molecule has 2 atom stereocenters. The largest absolute Gasteiger partial charge is 0.453 e. The van der Waals surface area contributed by atoms with Gasteiger partial charge in [0.05, 0.1) is 6.04 Å². The number of rotatable bonds is 5. The van der Waals surface area contributed by atoms with Crippen LogP contribution in [-0.2, 0) is 0 Å². The third-order valence-corrected chi connectivity index (χ3v) is 2.70. The molecule has 0 saturated carbocycles. The van der Waals surface area contributed by atoms with Gasteiger partial charge in [-0.3, -0.25) is 0 Å². The molecule has 0 bridgehead atoms. The Morgan fingerprint density at radius 2 is 2.14 bits per heavy atom. The van der Waals surface area contributed by atoms with Crippen molar-refractivity contribution in [3.8, 4) is 0 Å². The molecule has 0 aromatic carbocycles. The van der Waals surface area contributed by atoms with E-state index in [-0.39, 0.29) is 6.04 Å². The van der Waals surface area contributed by atoms with Crippen LogP contribution in [0, 0.1) is 0 Å². The van der Waals surface area contributed by atoms with Crippen molar-refractivity contribution in [2.45, 2.75) is 45.7 Å². The molecular formula is C11H18BrNO. The second-order valence-corrected chi connectivity index (χ2v) is 4.50. The van der Waals surface area contributed by atoms with Crippen molar-refractivity contribution in [3.05, 3.63) is 22.6 Å². The third-order valence-electron chi connectivity index (χ3n) is 2.28. The zero-order valence-corrected chi connectivity index (χ0v) is 10.6. The van der Waals surface area contributed by atoms with Crippen molar-refractivity contribution in [2.75, 3.05) is 0 Å². The normalized spacial score (nSPS) is 15.4. The maximum atomic E-state index is 5.48. The summed E-state index contributed by atoms with van der Waals surface area (Å²) in [7, 11) is 0. The van der Waals surface area contributed by atoms with Crippen LogP contribution in [0.5, 0.6) is 0 Å². The van der Waals surface area contributed by atoms with Crippen LogP contribution in [0.3, 0.4) is 0 Å². The summed E-state index contributed by atoms with van der Waals surface area (Å²) in [4.78, 5) is 0. The van der Waals surface area contributed by atoms with Crippen LogP contribution >= 0.6 is 15.9 Å². The molecule has 0 aliphatic heterocycles. The summed E-state index contributed by atoms with van der Waals surface area (Å²) in [5.41, 5.74) is 0. The fraction of sp³-hybridized carbons (Fsp3) is 0.636. The van der Waals surface area contributed by atoms with Crippen LogP contribution in [0.2, 0.25) is 0 Å². The van der Waals surface area contributed by atoms with E-state index < -0.39 is 0 Å². The second-order valence-electron chi connectivity index (χ2n) is 3.72. The van der Waals surface area contributed by atoms with Gasteiger partial charge in [0.15, 0.2) is 4.67 Å². The van der Waals surface area contributed by atoms with Crippen LogP contribution in [0.15, 0.2) is 21.2 Å². The minimum atomic E-state index is 0.280. The SMILES string of the molecule is CCCC(C)NC(C)c1ccc(Br)o1. The van der Waals surface area contributed by atoms with Gasteiger partial charge in [-0.1, -0.05) is 13.3 Å². The highest BCUT2D eigenvalue weighted by Gasteiger charge is 2.11. The van der Waals surface area contributed by atoms with Gasteiger partial charge < -0.3 is 9.73 Å². The van der Waals surface area contributed by atoms with E-state index in [2.05, 4.69) is 42.0 Å². The summed E-state index contributed by atoms with van der Waals surface area (Å²) < 4.78 is 6.27. The lowest BCUT2D eigenvalue weighted by Gasteiger charge is -2.17. The van der Waals surface area contributed by atoms with Crippen LogP contribution in [0.1, 0.15) is 45.4 Å². The first-order valence-corrected chi connectivity index (χ1v) is 5.94. The van der Waals surface area contributed by atoms with E-state index in [1.807, 2.05) is 12.1 Å². The van der Waals surface area contributed by atoms with Crippen molar-refractivity contribution in [3.63, 3.8) is 0 Å². The van der Waals surface area contributed by atoms with Gasteiger partial charge in [0, 0.05) is 6.04 Å². The molecule has 0 spiro atoms. The lowest BCUT2D eigenvalue weighted by atomic mass is 10.1. The molecule has 1 rings (SSSR count). The van der Waals surface area contributed by atoms with Crippen molar-refractivity contribution >= 4 is 15.9 Å². The monoisotopic (exact) mass is 259 g/mol. The Balaban J connectivity index is 2.45. The molecule has 1 heterocycles. The maximum absolute atomic E-state index is 5.48. The molecule has 1 N–H and O–H groups in total. The minimum Gasteiger partial charge on any atom is -0.453 e. The molecule has 2 nitrogen and oxygen atoms in total. The zero-order chi connectivity index (χ0) is 10.6. The van der Waals surface area contributed by atoms with E-state index in [1.54, 1.807) is 0 Å². The van der Waals surface area contributed by atoms with E-state index in [0.717, 1.165) is 10.4 Å². The minimum absolute atomic E-state index is 0.280.